The van der Waals surface area contributed by atoms with Crippen LogP contribution in [-0.2, 0) is 9.53 Å². The molecule has 5 nitrogen and oxygen atoms in total. The van der Waals surface area contributed by atoms with E-state index in [-0.39, 0.29) is 24.4 Å². The lowest BCUT2D eigenvalue weighted by Gasteiger charge is -2.38. The standard InChI is InChI=1S/C15H29N3O2S.ClH/c1-21-11-4-14(16)15(19)18-7-5-17(6-8-18)12-13-2-9-20-10-3-13;/h13-14H,2-12,16H2,1H3;1H/t14-;/m0./s1. The highest BCUT2D eigenvalue weighted by Crippen LogP contribution is 2.17. The molecule has 130 valence electrons. The fourth-order valence-electron chi connectivity index (χ4n) is 3.05. The smallest absolute Gasteiger partial charge is 0.239 e. The van der Waals surface area contributed by atoms with Crippen LogP contribution in [0.1, 0.15) is 19.3 Å². The summed E-state index contributed by atoms with van der Waals surface area (Å²) >= 11 is 1.74. The van der Waals surface area contributed by atoms with Crippen LogP contribution in [0.25, 0.3) is 0 Å². The molecular weight excluding hydrogens is 322 g/mol. The monoisotopic (exact) mass is 351 g/mol. The van der Waals surface area contributed by atoms with Crippen molar-refractivity contribution in [1.29, 1.82) is 0 Å². The fourth-order valence-corrected chi connectivity index (χ4v) is 3.54. The second-order valence-electron chi connectivity index (χ2n) is 6.07. The molecule has 2 heterocycles. The number of hydrogen-bond acceptors (Lipinski definition) is 5. The van der Waals surface area contributed by atoms with Crippen LogP contribution in [0.4, 0.5) is 0 Å². The molecule has 0 aromatic rings. The summed E-state index contributed by atoms with van der Waals surface area (Å²) in [6, 6.07) is -0.320. The third-order valence-electron chi connectivity index (χ3n) is 4.49. The Bertz CT molecular complexity index is 322. The van der Waals surface area contributed by atoms with Gasteiger partial charge >= 0.3 is 0 Å². The van der Waals surface area contributed by atoms with Crippen molar-refractivity contribution in [3.8, 4) is 0 Å². The van der Waals surface area contributed by atoms with E-state index in [0.717, 1.165) is 64.0 Å². The molecule has 0 aromatic carbocycles. The Morgan fingerprint density at radius 3 is 2.50 bits per heavy atom. The van der Waals surface area contributed by atoms with Gasteiger partial charge in [-0.2, -0.15) is 11.8 Å². The number of piperazine rings is 1. The van der Waals surface area contributed by atoms with Gasteiger partial charge in [-0.25, -0.2) is 0 Å². The van der Waals surface area contributed by atoms with E-state index >= 15 is 0 Å². The van der Waals surface area contributed by atoms with Gasteiger partial charge < -0.3 is 15.4 Å². The summed E-state index contributed by atoms with van der Waals surface area (Å²) in [5.41, 5.74) is 5.99. The molecular formula is C15H30ClN3O2S. The number of ether oxygens (including phenoxy) is 1. The zero-order valence-corrected chi connectivity index (χ0v) is 15.2. The molecule has 2 rings (SSSR count). The second kappa shape index (κ2) is 10.7. The summed E-state index contributed by atoms with van der Waals surface area (Å²) in [4.78, 5) is 16.7. The molecule has 1 atom stereocenters. The summed E-state index contributed by atoms with van der Waals surface area (Å²) in [6.45, 7) is 6.60. The van der Waals surface area contributed by atoms with E-state index in [1.807, 2.05) is 11.2 Å². The van der Waals surface area contributed by atoms with E-state index in [1.54, 1.807) is 11.8 Å². The van der Waals surface area contributed by atoms with Gasteiger partial charge in [0.2, 0.25) is 5.91 Å². The molecule has 2 aliphatic heterocycles. The van der Waals surface area contributed by atoms with Crippen molar-refractivity contribution in [2.75, 3.05) is 57.9 Å². The van der Waals surface area contributed by atoms with Crippen molar-refractivity contribution in [2.45, 2.75) is 25.3 Å². The van der Waals surface area contributed by atoms with Gasteiger partial charge in [0.05, 0.1) is 6.04 Å². The number of amides is 1. The van der Waals surface area contributed by atoms with Crippen molar-refractivity contribution >= 4 is 30.1 Å². The molecule has 1 amide bonds. The molecule has 22 heavy (non-hydrogen) atoms. The van der Waals surface area contributed by atoms with Gasteiger partial charge in [0.15, 0.2) is 0 Å². The quantitative estimate of drug-likeness (QED) is 0.775. The molecule has 0 unspecified atom stereocenters. The first kappa shape index (κ1) is 20.0. The van der Waals surface area contributed by atoms with Gasteiger partial charge in [0, 0.05) is 45.9 Å². The van der Waals surface area contributed by atoms with Crippen molar-refractivity contribution in [3.05, 3.63) is 0 Å². The zero-order valence-electron chi connectivity index (χ0n) is 13.5. The largest absolute Gasteiger partial charge is 0.381 e. The number of carbonyl (C=O) groups excluding carboxylic acids is 1. The van der Waals surface area contributed by atoms with Crippen LogP contribution >= 0.6 is 24.2 Å². The predicted molar refractivity (Wildman–Crippen MR) is 94.8 cm³/mol. The average molecular weight is 352 g/mol. The number of nitrogens with two attached hydrogens (primary N) is 1. The van der Waals surface area contributed by atoms with Crippen LogP contribution in [0.2, 0.25) is 0 Å². The number of rotatable bonds is 6. The van der Waals surface area contributed by atoms with Crippen LogP contribution in [0.5, 0.6) is 0 Å². The molecule has 2 N–H and O–H groups in total. The van der Waals surface area contributed by atoms with E-state index < -0.39 is 0 Å². The number of nitrogens with zero attached hydrogens (tertiary/aromatic N) is 2. The lowest BCUT2D eigenvalue weighted by atomic mass is 9.99. The Morgan fingerprint density at radius 1 is 1.27 bits per heavy atom. The van der Waals surface area contributed by atoms with E-state index in [1.165, 1.54) is 12.8 Å². The predicted octanol–water partition coefficient (Wildman–Crippen LogP) is 1.06. The van der Waals surface area contributed by atoms with Crippen LogP contribution in [0.3, 0.4) is 0 Å². The average Bonchev–Trinajstić information content (AvgIpc) is 2.53. The van der Waals surface area contributed by atoms with Gasteiger partial charge in [-0.05, 0) is 37.2 Å². The third kappa shape index (κ3) is 6.24. The Morgan fingerprint density at radius 2 is 1.91 bits per heavy atom. The minimum Gasteiger partial charge on any atom is -0.381 e. The van der Waals surface area contributed by atoms with Crippen LogP contribution in [-0.4, -0.2) is 79.7 Å². The molecule has 2 aliphatic rings. The first-order chi connectivity index (χ1) is 10.2. The maximum atomic E-state index is 12.3. The minimum atomic E-state index is -0.320. The molecule has 2 fully saturated rings. The summed E-state index contributed by atoms with van der Waals surface area (Å²) < 4.78 is 5.41. The van der Waals surface area contributed by atoms with Crippen LogP contribution < -0.4 is 5.73 Å². The van der Waals surface area contributed by atoms with Gasteiger partial charge in [-0.15, -0.1) is 12.4 Å². The van der Waals surface area contributed by atoms with Gasteiger partial charge in [0.25, 0.3) is 0 Å². The van der Waals surface area contributed by atoms with E-state index in [2.05, 4.69) is 4.90 Å². The summed E-state index contributed by atoms with van der Waals surface area (Å²) in [6.07, 6.45) is 5.19. The van der Waals surface area contributed by atoms with Crippen molar-refractivity contribution in [3.63, 3.8) is 0 Å². The summed E-state index contributed by atoms with van der Waals surface area (Å²) in [5.74, 6) is 1.86. The molecule has 0 saturated carbocycles. The topological polar surface area (TPSA) is 58.8 Å². The van der Waals surface area contributed by atoms with Crippen LogP contribution in [0.15, 0.2) is 0 Å². The van der Waals surface area contributed by atoms with E-state index in [4.69, 9.17) is 10.5 Å². The highest BCUT2D eigenvalue weighted by Gasteiger charge is 2.26. The van der Waals surface area contributed by atoms with Gasteiger partial charge in [0.1, 0.15) is 0 Å². The number of thioether (sulfide) groups is 1. The SMILES string of the molecule is CSCC[C@H](N)C(=O)N1CCN(CC2CCOCC2)CC1.Cl. The zero-order chi connectivity index (χ0) is 15.1. The second-order valence-corrected chi connectivity index (χ2v) is 7.06. The van der Waals surface area contributed by atoms with Crippen molar-refractivity contribution in [2.24, 2.45) is 11.7 Å². The highest BCUT2D eigenvalue weighted by atomic mass is 35.5. The van der Waals surface area contributed by atoms with E-state index in [0.29, 0.717) is 0 Å². The van der Waals surface area contributed by atoms with Gasteiger partial charge in [-0.3, -0.25) is 9.69 Å². The van der Waals surface area contributed by atoms with Crippen molar-refractivity contribution < 1.29 is 9.53 Å². The normalized spacial score (nSPS) is 22.2. The molecule has 7 heteroatoms. The number of halogens is 1. The third-order valence-corrected chi connectivity index (χ3v) is 5.14. The lowest BCUT2D eigenvalue weighted by molar-refractivity contribution is -0.134. The Labute approximate surface area is 144 Å². The summed E-state index contributed by atoms with van der Waals surface area (Å²) in [5, 5.41) is 0. The Hall–Kier alpha value is -0.0100. The fraction of sp³-hybridized carbons (Fsp3) is 0.933. The Balaban J connectivity index is 0.00000242. The molecule has 0 bridgehead atoms. The molecule has 0 aromatic heterocycles. The maximum Gasteiger partial charge on any atom is 0.239 e. The van der Waals surface area contributed by atoms with Gasteiger partial charge in [-0.1, -0.05) is 0 Å². The first-order valence-electron chi connectivity index (χ1n) is 8.04. The van der Waals surface area contributed by atoms with Crippen molar-refractivity contribution in [1.82, 2.24) is 9.80 Å². The van der Waals surface area contributed by atoms with Crippen LogP contribution in [0, 0.1) is 5.92 Å². The molecule has 0 radical (unpaired) electrons. The maximum absolute atomic E-state index is 12.3. The number of hydrogen-bond donors (Lipinski definition) is 1. The van der Waals surface area contributed by atoms with E-state index in [9.17, 15) is 4.79 Å². The number of carbonyl (C=O) groups is 1. The lowest BCUT2D eigenvalue weighted by Crippen LogP contribution is -2.54. The Kier molecular flexibility index (Phi) is 9.75. The molecule has 0 aliphatic carbocycles. The molecule has 0 spiro atoms. The minimum absolute atomic E-state index is 0. The highest BCUT2D eigenvalue weighted by molar-refractivity contribution is 7.98. The molecule has 2 saturated heterocycles. The summed E-state index contributed by atoms with van der Waals surface area (Å²) in [7, 11) is 0. The first-order valence-corrected chi connectivity index (χ1v) is 9.43.